The maximum absolute atomic E-state index is 11.3. The van der Waals surface area contributed by atoms with Gasteiger partial charge in [-0.05, 0) is 44.6 Å². The lowest BCUT2D eigenvalue weighted by molar-refractivity contribution is -0.139. The Balaban J connectivity index is 2.78. The summed E-state index contributed by atoms with van der Waals surface area (Å²) in [5.74, 6) is -0.836. The topological polar surface area (TPSA) is 52.6 Å². The van der Waals surface area contributed by atoms with Crippen LogP contribution in [-0.4, -0.2) is 43.2 Å². The lowest BCUT2D eigenvalue weighted by atomic mass is 10.0. The average Bonchev–Trinajstić information content (AvgIpc) is 2.27. The SMILES string of the molecule is Cc1ccc(C(NCCN(C)C)C(=O)O)cc1C. The van der Waals surface area contributed by atoms with Crippen LogP contribution in [-0.2, 0) is 4.79 Å². The Morgan fingerprint density at radius 1 is 1.33 bits per heavy atom. The number of aryl methyl sites for hydroxylation is 2. The van der Waals surface area contributed by atoms with Crippen molar-refractivity contribution in [1.29, 1.82) is 0 Å². The zero-order valence-corrected chi connectivity index (χ0v) is 11.5. The molecule has 1 aromatic carbocycles. The Hall–Kier alpha value is -1.39. The van der Waals surface area contributed by atoms with Crippen LogP contribution >= 0.6 is 0 Å². The monoisotopic (exact) mass is 250 g/mol. The summed E-state index contributed by atoms with van der Waals surface area (Å²) in [6.07, 6.45) is 0. The van der Waals surface area contributed by atoms with Gasteiger partial charge in [0.15, 0.2) is 0 Å². The first kappa shape index (κ1) is 14.7. The van der Waals surface area contributed by atoms with Gasteiger partial charge in [0.05, 0.1) is 0 Å². The number of carboxylic acid groups (broad SMARTS) is 1. The third-order valence-electron chi connectivity index (χ3n) is 3.02. The molecule has 0 saturated carbocycles. The van der Waals surface area contributed by atoms with Crippen LogP contribution in [0.5, 0.6) is 0 Å². The number of hydrogen-bond acceptors (Lipinski definition) is 3. The highest BCUT2D eigenvalue weighted by molar-refractivity contribution is 5.75. The van der Waals surface area contributed by atoms with E-state index in [2.05, 4.69) is 5.32 Å². The molecule has 18 heavy (non-hydrogen) atoms. The normalized spacial score (nSPS) is 12.7. The molecule has 0 saturated heterocycles. The van der Waals surface area contributed by atoms with Gasteiger partial charge in [-0.25, -0.2) is 0 Å². The van der Waals surface area contributed by atoms with E-state index in [9.17, 15) is 9.90 Å². The predicted octanol–water partition coefficient (Wildman–Crippen LogP) is 1.58. The lowest BCUT2D eigenvalue weighted by Crippen LogP contribution is -2.34. The fourth-order valence-corrected chi connectivity index (χ4v) is 1.72. The summed E-state index contributed by atoms with van der Waals surface area (Å²) in [5, 5.41) is 12.3. The maximum atomic E-state index is 11.3. The number of nitrogens with zero attached hydrogens (tertiary/aromatic N) is 1. The molecule has 0 aromatic heterocycles. The van der Waals surface area contributed by atoms with Gasteiger partial charge in [0.1, 0.15) is 6.04 Å². The summed E-state index contributed by atoms with van der Waals surface area (Å²) in [6, 6.07) is 5.15. The molecule has 0 fully saturated rings. The standard InChI is InChI=1S/C14H22N2O2/c1-10-5-6-12(9-11(10)2)13(14(17)18)15-7-8-16(3)4/h5-6,9,13,15H,7-8H2,1-4H3,(H,17,18). The van der Waals surface area contributed by atoms with Crippen LogP contribution < -0.4 is 5.32 Å². The first-order valence-electron chi connectivity index (χ1n) is 6.10. The highest BCUT2D eigenvalue weighted by atomic mass is 16.4. The largest absolute Gasteiger partial charge is 0.480 e. The van der Waals surface area contributed by atoms with Gasteiger partial charge in [-0.15, -0.1) is 0 Å². The summed E-state index contributed by atoms with van der Waals surface area (Å²) in [7, 11) is 3.93. The van der Waals surface area contributed by atoms with E-state index in [0.29, 0.717) is 6.54 Å². The molecule has 0 spiro atoms. The van der Waals surface area contributed by atoms with E-state index in [-0.39, 0.29) is 0 Å². The number of benzene rings is 1. The Morgan fingerprint density at radius 3 is 2.50 bits per heavy atom. The lowest BCUT2D eigenvalue weighted by Gasteiger charge is -2.17. The van der Waals surface area contributed by atoms with Crippen molar-refractivity contribution >= 4 is 5.97 Å². The van der Waals surface area contributed by atoms with Crippen molar-refractivity contribution in [2.24, 2.45) is 0 Å². The number of aliphatic carboxylic acids is 1. The molecule has 0 radical (unpaired) electrons. The molecular formula is C14H22N2O2. The Morgan fingerprint density at radius 2 is 2.00 bits per heavy atom. The molecule has 4 nitrogen and oxygen atoms in total. The molecule has 1 aromatic rings. The zero-order valence-electron chi connectivity index (χ0n) is 11.5. The van der Waals surface area contributed by atoms with Crippen LogP contribution in [0.15, 0.2) is 18.2 Å². The molecule has 1 rings (SSSR count). The summed E-state index contributed by atoms with van der Waals surface area (Å²) in [5.41, 5.74) is 3.11. The second-order valence-electron chi connectivity index (χ2n) is 4.87. The van der Waals surface area contributed by atoms with Crippen molar-refractivity contribution in [3.63, 3.8) is 0 Å². The molecule has 1 unspecified atom stereocenters. The number of hydrogen-bond donors (Lipinski definition) is 2. The minimum atomic E-state index is -0.836. The van der Waals surface area contributed by atoms with Gasteiger partial charge in [-0.2, -0.15) is 0 Å². The molecule has 0 aliphatic rings. The fourth-order valence-electron chi connectivity index (χ4n) is 1.72. The zero-order chi connectivity index (χ0) is 13.7. The van der Waals surface area contributed by atoms with Crippen LogP contribution in [0.25, 0.3) is 0 Å². The van der Waals surface area contributed by atoms with Gasteiger partial charge in [-0.3, -0.25) is 10.1 Å². The summed E-state index contributed by atoms with van der Waals surface area (Å²) in [6.45, 7) is 5.48. The quantitative estimate of drug-likeness (QED) is 0.805. The van der Waals surface area contributed by atoms with Gasteiger partial charge < -0.3 is 10.0 Å². The van der Waals surface area contributed by atoms with Crippen LogP contribution in [0.4, 0.5) is 0 Å². The van der Waals surface area contributed by atoms with E-state index in [4.69, 9.17) is 0 Å². The van der Waals surface area contributed by atoms with Crippen molar-refractivity contribution in [3.8, 4) is 0 Å². The van der Waals surface area contributed by atoms with Crippen molar-refractivity contribution in [2.45, 2.75) is 19.9 Å². The molecule has 4 heteroatoms. The second-order valence-corrected chi connectivity index (χ2v) is 4.87. The van der Waals surface area contributed by atoms with Gasteiger partial charge >= 0.3 is 5.97 Å². The minimum Gasteiger partial charge on any atom is -0.480 e. The predicted molar refractivity (Wildman–Crippen MR) is 72.8 cm³/mol. The van der Waals surface area contributed by atoms with Gasteiger partial charge in [0.2, 0.25) is 0 Å². The molecule has 100 valence electrons. The van der Waals surface area contributed by atoms with E-state index in [1.54, 1.807) is 0 Å². The molecule has 2 N–H and O–H groups in total. The summed E-state index contributed by atoms with van der Waals surface area (Å²) < 4.78 is 0. The smallest absolute Gasteiger partial charge is 0.325 e. The number of carbonyl (C=O) groups is 1. The third-order valence-corrected chi connectivity index (χ3v) is 3.02. The summed E-state index contributed by atoms with van der Waals surface area (Å²) >= 11 is 0. The van der Waals surface area contributed by atoms with Crippen molar-refractivity contribution in [1.82, 2.24) is 10.2 Å². The molecule has 0 aliphatic carbocycles. The first-order valence-corrected chi connectivity index (χ1v) is 6.10. The molecule has 1 atom stereocenters. The number of likely N-dealkylation sites (N-methyl/N-ethyl adjacent to an activating group) is 1. The third kappa shape index (κ3) is 4.13. The Labute approximate surface area is 109 Å². The van der Waals surface area contributed by atoms with E-state index in [1.807, 2.05) is 51.0 Å². The van der Waals surface area contributed by atoms with E-state index in [1.165, 1.54) is 5.56 Å². The molecular weight excluding hydrogens is 228 g/mol. The van der Waals surface area contributed by atoms with E-state index in [0.717, 1.165) is 17.7 Å². The van der Waals surface area contributed by atoms with Crippen LogP contribution in [0.3, 0.4) is 0 Å². The molecule has 0 aliphatic heterocycles. The average molecular weight is 250 g/mol. The first-order chi connectivity index (χ1) is 8.41. The van der Waals surface area contributed by atoms with Crippen molar-refractivity contribution in [2.75, 3.05) is 27.2 Å². The molecule has 0 heterocycles. The van der Waals surface area contributed by atoms with Crippen molar-refractivity contribution < 1.29 is 9.90 Å². The van der Waals surface area contributed by atoms with Gasteiger partial charge in [-0.1, -0.05) is 18.2 Å². The van der Waals surface area contributed by atoms with Crippen molar-refractivity contribution in [3.05, 3.63) is 34.9 Å². The van der Waals surface area contributed by atoms with Crippen LogP contribution in [0.2, 0.25) is 0 Å². The van der Waals surface area contributed by atoms with Gasteiger partial charge in [0.25, 0.3) is 0 Å². The summed E-state index contributed by atoms with van der Waals surface area (Å²) in [4.78, 5) is 13.3. The highest BCUT2D eigenvalue weighted by Gasteiger charge is 2.19. The van der Waals surface area contributed by atoms with Crippen LogP contribution in [0, 0.1) is 13.8 Å². The van der Waals surface area contributed by atoms with Gasteiger partial charge in [0, 0.05) is 13.1 Å². The van der Waals surface area contributed by atoms with E-state index < -0.39 is 12.0 Å². The maximum Gasteiger partial charge on any atom is 0.325 e. The van der Waals surface area contributed by atoms with Crippen LogP contribution in [0.1, 0.15) is 22.7 Å². The highest BCUT2D eigenvalue weighted by Crippen LogP contribution is 2.17. The number of nitrogens with one attached hydrogen (secondary N) is 1. The molecule has 0 bridgehead atoms. The fraction of sp³-hybridized carbons (Fsp3) is 0.500. The number of carboxylic acids is 1. The Kier molecular flexibility index (Phi) is 5.31. The Bertz CT molecular complexity index is 416. The minimum absolute atomic E-state index is 0.635. The molecule has 0 amide bonds. The number of rotatable bonds is 6. The second kappa shape index (κ2) is 6.52. The van der Waals surface area contributed by atoms with E-state index >= 15 is 0 Å².